The van der Waals surface area contributed by atoms with Crippen molar-refractivity contribution >= 4 is 9.84 Å². The Morgan fingerprint density at radius 3 is 1.42 bits per heavy atom. The molecule has 0 bridgehead atoms. The van der Waals surface area contributed by atoms with Gasteiger partial charge in [0.15, 0.2) is 15.3 Å². The molecule has 1 saturated heterocycles. The van der Waals surface area contributed by atoms with Crippen LogP contribution in [0.15, 0.2) is 121 Å². The van der Waals surface area contributed by atoms with E-state index in [1.54, 1.807) is 0 Å². The highest BCUT2D eigenvalue weighted by Crippen LogP contribution is 2.37. The van der Waals surface area contributed by atoms with Crippen molar-refractivity contribution in [2.45, 2.75) is 93.6 Å². The van der Waals surface area contributed by atoms with Crippen LogP contribution in [-0.2, 0) is 59.9 Å². The maximum Gasteiger partial charge on any atom is 0.188 e. The first-order valence-electron chi connectivity index (χ1n) is 17.0. The lowest BCUT2D eigenvalue weighted by molar-refractivity contribution is -0.256. The second-order valence-corrected chi connectivity index (χ2v) is 15.0. The van der Waals surface area contributed by atoms with Gasteiger partial charge >= 0.3 is 0 Å². The van der Waals surface area contributed by atoms with Crippen molar-refractivity contribution in [2.24, 2.45) is 0 Å². The van der Waals surface area contributed by atoms with Crippen LogP contribution in [0.1, 0.15) is 54.4 Å². The quantitative estimate of drug-likeness (QED) is 0.130. The van der Waals surface area contributed by atoms with E-state index in [2.05, 4.69) is 0 Å². The van der Waals surface area contributed by atoms with Crippen molar-refractivity contribution in [1.29, 1.82) is 0 Å². The number of hydrogen-bond acceptors (Lipinski definition) is 7. The summed E-state index contributed by atoms with van der Waals surface area (Å²) < 4.78 is 62.1. The Hall–Kier alpha value is -3.37. The SMILES string of the molecule is O=S(=O)(C1CCCCC1)[C@@H]1O[C@H](COCc2ccccc2)[C@@H](OCc2ccccc2)[C@H](OCc2ccccc2)[C@H]1OCc1ccccc1. The van der Waals surface area contributed by atoms with E-state index in [0.29, 0.717) is 26.1 Å². The second kappa shape index (κ2) is 17.3. The molecule has 48 heavy (non-hydrogen) atoms. The van der Waals surface area contributed by atoms with Gasteiger partial charge < -0.3 is 23.7 Å². The molecule has 4 aromatic rings. The Kier molecular flexibility index (Phi) is 12.5. The van der Waals surface area contributed by atoms with Crippen molar-refractivity contribution < 1.29 is 32.1 Å². The zero-order valence-corrected chi connectivity index (χ0v) is 28.2. The Bertz CT molecular complexity index is 1600. The van der Waals surface area contributed by atoms with Crippen LogP contribution in [0.25, 0.3) is 0 Å². The standard InChI is InChI=1S/C40H46O7S/c41-48(42,35-24-14-5-15-25-35)40-39(46-29-34-22-12-4-13-23-34)38(45-28-33-20-10-3-11-21-33)37(44-27-32-18-8-2-9-19-32)36(47-40)30-43-26-31-16-6-1-7-17-31/h1-4,6-13,16-23,35-40H,5,14-15,24-30H2/t36-,37-,38+,39-,40+/m1/s1. The predicted molar refractivity (Wildman–Crippen MR) is 186 cm³/mol. The highest BCUT2D eigenvalue weighted by molar-refractivity contribution is 7.92. The molecule has 0 unspecified atom stereocenters. The summed E-state index contributed by atoms with van der Waals surface area (Å²) in [5.74, 6) is 0. The molecule has 0 spiro atoms. The molecule has 2 fully saturated rings. The number of rotatable bonds is 15. The fourth-order valence-electron chi connectivity index (χ4n) is 6.59. The number of sulfone groups is 1. The lowest BCUT2D eigenvalue weighted by atomic mass is 9.98. The lowest BCUT2D eigenvalue weighted by Gasteiger charge is -2.46. The third kappa shape index (κ3) is 9.20. The van der Waals surface area contributed by atoms with E-state index in [0.717, 1.165) is 41.5 Å². The smallest absolute Gasteiger partial charge is 0.188 e. The van der Waals surface area contributed by atoms with Crippen LogP contribution < -0.4 is 0 Å². The Morgan fingerprint density at radius 2 is 0.938 bits per heavy atom. The Morgan fingerprint density at radius 1 is 0.521 bits per heavy atom. The number of hydrogen-bond donors (Lipinski definition) is 0. The first-order valence-corrected chi connectivity index (χ1v) is 18.7. The first-order chi connectivity index (χ1) is 23.6. The predicted octanol–water partition coefficient (Wildman–Crippen LogP) is 7.43. The van der Waals surface area contributed by atoms with Crippen molar-refractivity contribution in [3.63, 3.8) is 0 Å². The molecule has 5 atom stereocenters. The van der Waals surface area contributed by atoms with E-state index in [1.807, 2.05) is 121 Å². The minimum absolute atomic E-state index is 0.127. The van der Waals surface area contributed by atoms with Gasteiger partial charge in [-0.3, -0.25) is 0 Å². The average Bonchev–Trinajstić information content (AvgIpc) is 3.14. The molecule has 7 nitrogen and oxygen atoms in total. The van der Waals surface area contributed by atoms with E-state index >= 15 is 0 Å². The largest absolute Gasteiger partial charge is 0.374 e. The van der Waals surface area contributed by atoms with Gasteiger partial charge in [0, 0.05) is 0 Å². The summed E-state index contributed by atoms with van der Waals surface area (Å²) in [6, 6.07) is 39.5. The van der Waals surface area contributed by atoms with Crippen molar-refractivity contribution in [3.8, 4) is 0 Å². The van der Waals surface area contributed by atoms with Gasteiger partial charge in [0.25, 0.3) is 0 Å². The zero-order valence-electron chi connectivity index (χ0n) is 27.3. The summed E-state index contributed by atoms with van der Waals surface area (Å²) in [4.78, 5) is 0. The topological polar surface area (TPSA) is 80.3 Å². The molecular formula is C40H46O7S. The summed E-state index contributed by atoms with van der Waals surface area (Å²) in [6.45, 7) is 1.24. The normalized spacial score (nSPS) is 23.5. The average molecular weight is 671 g/mol. The second-order valence-electron chi connectivity index (χ2n) is 12.7. The minimum Gasteiger partial charge on any atom is -0.374 e. The van der Waals surface area contributed by atoms with Gasteiger partial charge in [-0.15, -0.1) is 0 Å². The maximum absolute atomic E-state index is 14.6. The third-order valence-corrected chi connectivity index (χ3v) is 11.6. The number of benzene rings is 4. The van der Waals surface area contributed by atoms with Crippen molar-refractivity contribution in [1.82, 2.24) is 0 Å². The van der Waals surface area contributed by atoms with Crippen LogP contribution in [-0.4, -0.2) is 50.1 Å². The molecule has 0 N–H and O–H groups in total. The molecule has 0 amide bonds. The molecule has 0 radical (unpaired) electrons. The van der Waals surface area contributed by atoms with Crippen LogP contribution in [0.2, 0.25) is 0 Å². The van der Waals surface area contributed by atoms with Gasteiger partial charge in [-0.2, -0.15) is 0 Å². The minimum atomic E-state index is -3.79. The van der Waals surface area contributed by atoms with Crippen LogP contribution in [0, 0.1) is 0 Å². The Balaban J connectivity index is 1.35. The highest BCUT2D eigenvalue weighted by atomic mass is 32.2. The summed E-state index contributed by atoms with van der Waals surface area (Å²) in [5.41, 5.74) is 2.66. The van der Waals surface area contributed by atoms with Crippen molar-refractivity contribution in [2.75, 3.05) is 6.61 Å². The van der Waals surface area contributed by atoms with Crippen LogP contribution in [0.5, 0.6) is 0 Å². The van der Waals surface area contributed by atoms with Crippen LogP contribution >= 0.6 is 0 Å². The fourth-order valence-corrected chi connectivity index (χ4v) is 8.87. The first kappa shape index (κ1) is 34.5. The van der Waals surface area contributed by atoms with E-state index < -0.39 is 44.9 Å². The van der Waals surface area contributed by atoms with Gasteiger partial charge in [-0.25, -0.2) is 8.42 Å². The molecule has 1 aliphatic heterocycles. The monoisotopic (exact) mass is 670 g/mol. The molecule has 4 aromatic carbocycles. The van der Waals surface area contributed by atoms with Crippen molar-refractivity contribution in [3.05, 3.63) is 144 Å². The van der Waals surface area contributed by atoms with Gasteiger partial charge in [0.05, 0.1) is 38.3 Å². The summed E-state index contributed by atoms with van der Waals surface area (Å²) in [7, 11) is -3.79. The molecule has 1 saturated carbocycles. The van der Waals surface area contributed by atoms with Gasteiger partial charge in [0.1, 0.15) is 24.4 Å². The molecule has 1 aliphatic carbocycles. The fraction of sp³-hybridized carbons (Fsp3) is 0.400. The highest BCUT2D eigenvalue weighted by Gasteiger charge is 2.54. The van der Waals surface area contributed by atoms with E-state index in [4.69, 9.17) is 23.7 Å². The third-order valence-electron chi connectivity index (χ3n) is 9.18. The molecular weight excluding hydrogens is 625 g/mol. The van der Waals surface area contributed by atoms with E-state index in [9.17, 15) is 8.42 Å². The lowest BCUT2D eigenvalue weighted by Crippen LogP contribution is -2.63. The zero-order chi connectivity index (χ0) is 33.0. The van der Waals surface area contributed by atoms with Crippen LogP contribution in [0.4, 0.5) is 0 Å². The van der Waals surface area contributed by atoms with E-state index in [-0.39, 0.29) is 19.8 Å². The maximum atomic E-state index is 14.6. The summed E-state index contributed by atoms with van der Waals surface area (Å²) >= 11 is 0. The van der Waals surface area contributed by atoms with Gasteiger partial charge in [0.2, 0.25) is 0 Å². The summed E-state index contributed by atoms with van der Waals surface area (Å²) in [5, 5.41) is -0.499. The molecule has 2 aliphatic rings. The van der Waals surface area contributed by atoms with Gasteiger partial charge in [-0.1, -0.05) is 141 Å². The molecule has 0 aromatic heterocycles. The van der Waals surface area contributed by atoms with Gasteiger partial charge in [-0.05, 0) is 35.1 Å². The molecule has 6 rings (SSSR count). The molecule has 8 heteroatoms. The Labute approximate surface area is 285 Å². The summed E-state index contributed by atoms with van der Waals surface area (Å²) in [6.07, 6.45) is 0.936. The number of ether oxygens (including phenoxy) is 5. The van der Waals surface area contributed by atoms with E-state index in [1.165, 1.54) is 0 Å². The van der Waals surface area contributed by atoms with Crippen LogP contribution in [0.3, 0.4) is 0 Å². The molecule has 1 heterocycles. The molecule has 254 valence electrons.